The highest BCUT2D eigenvalue weighted by Crippen LogP contribution is 2.31. The fourth-order valence-electron chi connectivity index (χ4n) is 2.07. The maximum Gasteiger partial charge on any atom is 0.327 e. The molecule has 110 valence electrons. The Labute approximate surface area is 120 Å². The van der Waals surface area contributed by atoms with E-state index in [1.165, 1.54) is 16.7 Å². The number of carboxylic acid groups (broad SMARTS) is 1. The monoisotopic (exact) mass is 299 g/mol. The minimum Gasteiger partial charge on any atom is -0.480 e. The smallest absolute Gasteiger partial charge is 0.327 e. The van der Waals surface area contributed by atoms with Crippen LogP contribution in [0.2, 0.25) is 0 Å². The predicted molar refractivity (Wildman–Crippen MR) is 73.3 cm³/mol. The molecule has 1 fully saturated rings. The molecule has 0 spiro atoms. The number of hydrogen-bond donors (Lipinski definition) is 2. The largest absolute Gasteiger partial charge is 0.480 e. The highest BCUT2D eigenvalue weighted by molar-refractivity contribution is 8.00. The Bertz CT molecular complexity index is 505. The van der Waals surface area contributed by atoms with E-state index in [0.29, 0.717) is 23.8 Å². The minimum atomic E-state index is -0.976. The summed E-state index contributed by atoms with van der Waals surface area (Å²) in [6.07, 6.45) is 2.28. The molecule has 2 atom stereocenters. The Hall–Kier alpha value is -1.70. The van der Waals surface area contributed by atoms with Crippen molar-refractivity contribution in [3.05, 3.63) is 17.8 Å². The molecule has 7 nitrogen and oxygen atoms in total. The number of carbonyl (C=O) groups is 2. The summed E-state index contributed by atoms with van der Waals surface area (Å²) in [6, 6.07) is -1.18. The molecule has 2 N–H and O–H groups in total. The molecular formula is C12H17N3O4S. The van der Waals surface area contributed by atoms with E-state index in [0.717, 1.165) is 0 Å². The lowest BCUT2D eigenvalue weighted by Crippen LogP contribution is -2.49. The predicted octanol–water partition coefficient (Wildman–Crippen LogP) is 1.43. The van der Waals surface area contributed by atoms with Gasteiger partial charge in [0.1, 0.15) is 11.8 Å². The van der Waals surface area contributed by atoms with E-state index in [2.05, 4.69) is 10.3 Å². The molecule has 0 radical (unpaired) electrons. The van der Waals surface area contributed by atoms with Crippen molar-refractivity contribution >= 4 is 23.8 Å². The standard InChI is InChI=1S/C12H17N3O4S/c1-3-10-15(8(6-20-10)11(16)17)12(18)14-5-9-13-4-7(2)19-9/h4,8,10H,3,5-6H2,1-2H3,(H,14,18)(H,16,17). The molecule has 20 heavy (non-hydrogen) atoms. The van der Waals surface area contributed by atoms with Gasteiger partial charge >= 0.3 is 12.0 Å². The number of carboxylic acids is 1. The van der Waals surface area contributed by atoms with Gasteiger partial charge in [-0.3, -0.25) is 4.90 Å². The number of nitrogens with one attached hydrogen (secondary N) is 1. The lowest BCUT2D eigenvalue weighted by Gasteiger charge is -2.26. The number of aryl methyl sites for hydroxylation is 1. The van der Waals surface area contributed by atoms with E-state index >= 15 is 0 Å². The van der Waals surface area contributed by atoms with Gasteiger partial charge in [-0.1, -0.05) is 6.92 Å². The Morgan fingerprint density at radius 2 is 2.40 bits per heavy atom. The summed E-state index contributed by atoms with van der Waals surface area (Å²) in [5.41, 5.74) is 0. The van der Waals surface area contributed by atoms with E-state index < -0.39 is 18.0 Å². The first-order valence-electron chi connectivity index (χ1n) is 6.34. The second-order valence-electron chi connectivity index (χ2n) is 4.48. The molecule has 0 bridgehead atoms. The van der Waals surface area contributed by atoms with Crippen molar-refractivity contribution < 1.29 is 19.1 Å². The van der Waals surface area contributed by atoms with Crippen LogP contribution in [0.4, 0.5) is 4.79 Å². The zero-order valence-corrected chi connectivity index (χ0v) is 12.1. The van der Waals surface area contributed by atoms with E-state index in [4.69, 9.17) is 9.52 Å². The van der Waals surface area contributed by atoms with E-state index in [1.54, 1.807) is 13.1 Å². The van der Waals surface area contributed by atoms with Gasteiger partial charge in [-0.2, -0.15) is 0 Å². The van der Waals surface area contributed by atoms with Crippen LogP contribution in [0.3, 0.4) is 0 Å². The average molecular weight is 299 g/mol. The van der Waals surface area contributed by atoms with Gasteiger partial charge in [-0.15, -0.1) is 11.8 Å². The third-order valence-corrected chi connectivity index (χ3v) is 4.47. The highest BCUT2D eigenvalue weighted by Gasteiger charge is 2.40. The molecule has 2 amide bonds. The van der Waals surface area contributed by atoms with Crippen molar-refractivity contribution in [2.75, 3.05) is 5.75 Å². The number of thioether (sulfide) groups is 1. The lowest BCUT2D eigenvalue weighted by atomic mass is 10.3. The van der Waals surface area contributed by atoms with Gasteiger partial charge in [0.05, 0.1) is 18.1 Å². The van der Waals surface area contributed by atoms with Gasteiger partial charge in [0, 0.05) is 5.75 Å². The molecule has 1 saturated heterocycles. The maximum absolute atomic E-state index is 12.2. The summed E-state index contributed by atoms with van der Waals surface area (Å²) < 4.78 is 5.26. The Morgan fingerprint density at radius 1 is 1.65 bits per heavy atom. The molecular weight excluding hydrogens is 282 g/mol. The average Bonchev–Trinajstić information content (AvgIpc) is 3.01. The zero-order chi connectivity index (χ0) is 14.7. The molecule has 1 aliphatic heterocycles. The maximum atomic E-state index is 12.2. The van der Waals surface area contributed by atoms with E-state index in [-0.39, 0.29) is 11.9 Å². The van der Waals surface area contributed by atoms with Crippen LogP contribution in [-0.4, -0.2) is 44.2 Å². The summed E-state index contributed by atoms with van der Waals surface area (Å²) >= 11 is 1.49. The molecule has 0 aromatic carbocycles. The first-order valence-corrected chi connectivity index (χ1v) is 7.39. The van der Waals surface area contributed by atoms with Crippen molar-refractivity contribution in [2.45, 2.75) is 38.2 Å². The molecule has 0 aliphatic carbocycles. The number of urea groups is 1. The van der Waals surface area contributed by atoms with Crippen LogP contribution in [0.25, 0.3) is 0 Å². The number of oxazole rings is 1. The molecule has 2 heterocycles. The van der Waals surface area contributed by atoms with Crippen molar-refractivity contribution in [3.63, 3.8) is 0 Å². The molecule has 1 aliphatic rings. The summed E-state index contributed by atoms with van der Waals surface area (Å²) in [5.74, 6) is 0.512. The summed E-state index contributed by atoms with van der Waals surface area (Å²) in [7, 11) is 0. The van der Waals surface area contributed by atoms with Gasteiger partial charge < -0.3 is 14.8 Å². The van der Waals surface area contributed by atoms with E-state index in [1.807, 2.05) is 6.92 Å². The molecule has 2 unspecified atom stereocenters. The highest BCUT2D eigenvalue weighted by atomic mass is 32.2. The lowest BCUT2D eigenvalue weighted by molar-refractivity contribution is -0.141. The fraction of sp³-hybridized carbons (Fsp3) is 0.583. The van der Waals surface area contributed by atoms with Crippen LogP contribution in [0, 0.1) is 6.92 Å². The number of hydrogen-bond acceptors (Lipinski definition) is 5. The molecule has 2 rings (SSSR count). The van der Waals surface area contributed by atoms with Crippen LogP contribution in [0.5, 0.6) is 0 Å². The fourth-order valence-corrected chi connectivity index (χ4v) is 3.41. The topological polar surface area (TPSA) is 95.7 Å². The van der Waals surface area contributed by atoms with Crippen LogP contribution < -0.4 is 5.32 Å². The van der Waals surface area contributed by atoms with Gasteiger partial charge in [0.15, 0.2) is 0 Å². The second kappa shape index (κ2) is 6.17. The Morgan fingerprint density at radius 3 is 2.95 bits per heavy atom. The van der Waals surface area contributed by atoms with Crippen LogP contribution >= 0.6 is 11.8 Å². The van der Waals surface area contributed by atoms with E-state index in [9.17, 15) is 9.59 Å². The third kappa shape index (κ3) is 3.06. The number of aromatic nitrogens is 1. The van der Waals surface area contributed by atoms with Crippen molar-refractivity contribution in [1.82, 2.24) is 15.2 Å². The normalized spacial score (nSPS) is 22.0. The molecule has 1 aromatic heterocycles. The Balaban J connectivity index is 2.00. The Kier molecular flexibility index (Phi) is 4.53. The SMILES string of the molecule is CCC1SCC(C(=O)O)N1C(=O)NCc1ncc(C)o1. The summed E-state index contributed by atoms with van der Waals surface area (Å²) in [6.45, 7) is 3.85. The van der Waals surface area contributed by atoms with Gasteiger partial charge in [0.25, 0.3) is 0 Å². The summed E-state index contributed by atoms with van der Waals surface area (Å²) in [5, 5.41) is 11.7. The third-order valence-electron chi connectivity index (χ3n) is 3.02. The first kappa shape index (κ1) is 14.7. The second-order valence-corrected chi connectivity index (χ2v) is 5.69. The minimum absolute atomic E-state index is 0.109. The number of rotatable bonds is 4. The number of amides is 2. The van der Waals surface area contributed by atoms with Gasteiger partial charge in [-0.05, 0) is 13.3 Å². The van der Waals surface area contributed by atoms with Crippen LogP contribution in [-0.2, 0) is 11.3 Å². The summed E-state index contributed by atoms with van der Waals surface area (Å²) in [4.78, 5) is 28.7. The number of aliphatic carboxylic acids is 1. The van der Waals surface area contributed by atoms with Gasteiger partial charge in [-0.25, -0.2) is 14.6 Å². The number of carbonyl (C=O) groups excluding carboxylic acids is 1. The van der Waals surface area contributed by atoms with Crippen LogP contribution in [0.15, 0.2) is 10.6 Å². The van der Waals surface area contributed by atoms with Crippen LogP contribution in [0.1, 0.15) is 25.0 Å². The number of nitrogens with zero attached hydrogens (tertiary/aromatic N) is 2. The quantitative estimate of drug-likeness (QED) is 0.873. The van der Waals surface area contributed by atoms with Crippen molar-refractivity contribution in [2.24, 2.45) is 0 Å². The first-order chi connectivity index (χ1) is 9.52. The zero-order valence-electron chi connectivity index (χ0n) is 11.3. The molecule has 8 heteroatoms. The van der Waals surface area contributed by atoms with Crippen molar-refractivity contribution in [3.8, 4) is 0 Å². The van der Waals surface area contributed by atoms with Crippen molar-refractivity contribution in [1.29, 1.82) is 0 Å². The van der Waals surface area contributed by atoms with Gasteiger partial charge in [0.2, 0.25) is 5.89 Å². The molecule has 1 aromatic rings. The molecule has 0 saturated carbocycles.